The molecule has 0 radical (unpaired) electrons. The van der Waals surface area contributed by atoms with Gasteiger partial charge in [-0.1, -0.05) is 13.8 Å². The van der Waals surface area contributed by atoms with Crippen LogP contribution >= 0.6 is 0 Å². The van der Waals surface area contributed by atoms with E-state index in [2.05, 4.69) is 25.7 Å². The van der Waals surface area contributed by atoms with E-state index in [1.807, 2.05) is 19.2 Å². The van der Waals surface area contributed by atoms with E-state index < -0.39 is 6.10 Å². The summed E-state index contributed by atoms with van der Waals surface area (Å²) in [5.41, 5.74) is 0.788. The predicted molar refractivity (Wildman–Crippen MR) is 81.4 cm³/mol. The van der Waals surface area contributed by atoms with Gasteiger partial charge in [-0.2, -0.15) is 0 Å². The summed E-state index contributed by atoms with van der Waals surface area (Å²) in [4.78, 5) is 2.17. The summed E-state index contributed by atoms with van der Waals surface area (Å²) in [5.74, 6) is 1.93. The van der Waals surface area contributed by atoms with Gasteiger partial charge in [-0.25, -0.2) is 0 Å². The Kier molecular flexibility index (Phi) is 6.30. The van der Waals surface area contributed by atoms with Gasteiger partial charge in [-0.05, 0) is 32.0 Å². The molecule has 4 nitrogen and oxygen atoms in total. The fraction of sp³-hybridized carbons (Fsp3) is 0.625. The molecule has 0 spiro atoms. The minimum absolute atomic E-state index is 0.411. The second-order valence-electron chi connectivity index (χ2n) is 5.55. The number of hydrogen-bond acceptors (Lipinski definition) is 4. The number of likely N-dealkylation sites (N-methyl/N-ethyl adjacent to an activating group) is 1. The van der Waals surface area contributed by atoms with Crippen molar-refractivity contribution in [2.75, 3.05) is 27.8 Å². The lowest BCUT2D eigenvalue weighted by molar-refractivity contribution is 0.0936. The number of benzene rings is 1. The van der Waals surface area contributed by atoms with Crippen LogP contribution in [0.2, 0.25) is 0 Å². The molecule has 0 amide bonds. The van der Waals surface area contributed by atoms with Crippen LogP contribution in [-0.2, 0) is 0 Å². The maximum atomic E-state index is 10.4. The highest BCUT2D eigenvalue weighted by Crippen LogP contribution is 2.30. The van der Waals surface area contributed by atoms with Crippen LogP contribution in [0.25, 0.3) is 0 Å². The smallest absolute Gasteiger partial charge is 0.128 e. The maximum absolute atomic E-state index is 10.4. The van der Waals surface area contributed by atoms with E-state index >= 15 is 0 Å². The van der Waals surface area contributed by atoms with Crippen molar-refractivity contribution in [3.63, 3.8) is 0 Å². The SMILES string of the molecule is COc1ccc(C(O)CN(C)C(C)C(C)C)c(OC)c1. The minimum Gasteiger partial charge on any atom is -0.497 e. The van der Waals surface area contributed by atoms with Gasteiger partial charge in [0, 0.05) is 24.2 Å². The average molecular weight is 281 g/mol. The molecule has 114 valence electrons. The lowest BCUT2D eigenvalue weighted by atomic mass is 10.0. The van der Waals surface area contributed by atoms with Gasteiger partial charge in [-0.15, -0.1) is 0 Å². The van der Waals surface area contributed by atoms with Crippen molar-refractivity contribution in [2.45, 2.75) is 32.9 Å². The topological polar surface area (TPSA) is 41.9 Å². The van der Waals surface area contributed by atoms with Crippen LogP contribution in [0.1, 0.15) is 32.4 Å². The number of nitrogens with zero attached hydrogens (tertiary/aromatic N) is 1. The second-order valence-corrected chi connectivity index (χ2v) is 5.55. The van der Waals surface area contributed by atoms with Gasteiger partial charge >= 0.3 is 0 Å². The van der Waals surface area contributed by atoms with Crippen molar-refractivity contribution in [3.8, 4) is 11.5 Å². The zero-order valence-corrected chi connectivity index (χ0v) is 13.4. The largest absolute Gasteiger partial charge is 0.497 e. The highest BCUT2D eigenvalue weighted by Gasteiger charge is 2.20. The van der Waals surface area contributed by atoms with Crippen LogP contribution in [0, 0.1) is 5.92 Å². The van der Waals surface area contributed by atoms with Crippen LogP contribution in [0.3, 0.4) is 0 Å². The molecule has 2 unspecified atom stereocenters. The summed E-state index contributed by atoms with van der Waals surface area (Å²) in [6.45, 7) is 7.10. The van der Waals surface area contributed by atoms with Crippen molar-refractivity contribution >= 4 is 0 Å². The first kappa shape index (κ1) is 16.8. The molecular formula is C16H27NO3. The predicted octanol–water partition coefficient (Wildman–Crippen LogP) is 2.71. The van der Waals surface area contributed by atoms with Crippen LogP contribution in [0.4, 0.5) is 0 Å². The Hall–Kier alpha value is -1.26. The third-order valence-corrected chi connectivity index (χ3v) is 3.92. The van der Waals surface area contributed by atoms with E-state index in [4.69, 9.17) is 9.47 Å². The standard InChI is InChI=1S/C16H27NO3/c1-11(2)12(3)17(4)10-15(18)14-8-7-13(19-5)9-16(14)20-6/h7-9,11-12,15,18H,10H2,1-6H3. The lowest BCUT2D eigenvalue weighted by Gasteiger charge is -2.30. The highest BCUT2D eigenvalue weighted by atomic mass is 16.5. The van der Waals surface area contributed by atoms with Gasteiger partial charge in [0.25, 0.3) is 0 Å². The normalized spacial score (nSPS) is 14.4. The Morgan fingerprint density at radius 3 is 2.30 bits per heavy atom. The molecule has 1 aromatic rings. The molecule has 1 N–H and O–H groups in total. The number of methoxy groups -OCH3 is 2. The summed E-state index contributed by atoms with van der Waals surface area (Å²) in [7, 11) is 5.25. The molecule has 0 bridgehead atoms. The van der Waals surface area contributed by atoms with Crippen LogP contribution < -0.4 is 9.47 Å². The summed E-state index contributed by atoms with van der Waals surface area (Å²) >= 11 is 0. The van der Waals surface area contributed by atoms with Crippen molar-refractivity contribution in [1.29, 1.82) is 0 Å². The minimum atomic E-state index is -0.581. The van der Waals surface area contributed by atoms with Crippen molar-refractivity contribution in [3.05, 3.63) is 23.8 Å². The molecule has 1 rings (SSSR count). The number of ether oxygens (including phenoxy) is 2. The van der Waals surface area contributed by atoms with E-state index in [0.29, 0.717) is 24.3 Å². The molecule has 0 aliphatic rings. The first-order valence-electron chi connectivity index (χ1n) is 7.00. The Bertz CT molecular complexity index is 420. The Morgan fingerprint density at radius 2 is 1.80 bits per heavy atom. The molecule has 0 aromatic heterocycles. The maximum Gasteiger partial charge on any atom is 0.128 e. The molecule has 0 fully saturated rings. The molecular weight excluding hydrogens is 254 g/mol. The van der Waals surface area contributed by atoms with E-state index in [9.17, 15) is 5.11 Å². The first-order chi connectivity index (χ1) is 9.40. The fourth-order valence-electron chi connectivity index (χ4n) is 2.14. The van der Waals surface area contributed by atoms with Gasteiger partial charge in [0.15, 0.2) is 0 Å². The van der Waals surface area contributed by atoms with Crippen LogP contribution in [-0.4, -0.2) is 43.9 Å². The summed E-state index contributed by atoms with van der Waals surface area (Å²) in [6.07, 6.45) is -0.581. The molecule has 0 aliphatic heterocycles. The highest BCUT2D eigenvalue weighted by molar-refractivity contribution is 5.42. The molecule has 0 aliphatic carbocycles. The van der Waals surface area contributed by atoms with Crippen molar-refractivity contribution in [1.82, 2.24) is 4.90 Å². The van der Waals surface area contributed by atoms with Gasteiger partial charge in [-0.3, -0.25) is 0 Å². The molecule has 0 heterocycles. The van der Waals surface area contributed by atoms with Gasteiger partial charge in [0.05, 0.1) is 20.3 Å². The molecule has 2 atom stereocenters. The molecule has 20 heavy (non-hydrogen) atoms. The third-order valence-electron chi connectivity index (χ3n) is 3.92. The Labute approximate surface area is 122 Å². The first-order valence-corrected chi connectivity index (χ1v) is 7.00. The third kappa shape index (κ3) is 4.12. The average Bonchev–Trinajstić information content (AvgIpc) is 2.45. The van der Waals surface area contributed by atoms with E-state index in [1.165, 1.54) is 0 Å². The number of rotatable bonds is 7. The lowest BCUT2D eigenvalue weighted by Crippen LogP contribution is -2.36. The van der Waals surface area contributed by atoms with Crippen molar-refractivity contribution < 1.29 is 14.6 Å². The number of aliphatic hydroxyl groups excluding tert-OH is 1. The van der Waals surface area contributed by atoms with E-state index in [-0.39, 0.29) is 0 Å². The monoisotopic (exact) mass is 281 g/mol. The number of aliphatic hydroxyl groups is 1. The number of hydrogen-bond donors (Lipinski definition) is 1. The van der Waals surface area contributed by atoms with Crippen LogP contribution in [0.15, 0.2) is 18.2 Å². The summed E-state index contributed by atoms with van der Waals surface area (Å²) < 4.78 is 10.5. The van der Waals surface area contributed by atoms with Gasteiger partial charge in [0.2, 0.25) is 0 Å². The molecule has 0 saturated heterocycles. The van der Waals surface area contributed by atoms with Gasteiger partial charge in [0.1, 0.15) is 11.5 Å². The van der Waals surface area contributed by atoms with E-state index in [0.717, 1.165) is 11.3 Å². The quantitative estimate of drug-likeness (QED) is 0.834. The van der Waals surface area contributed by atoms with Gasteiger partial charge < -0.3 is 19.5 Å². The molecule has 0 saturated carbocycles. The summed E-state index contributed by atoms with van der Waals surface area (Å²) in [5, 5.41) is 10.4. The fourth-order valence-corrected chi connectivity index (χ4v) is 2.14. The summed E-state index contributed by atoms with van der Waals surface area (Å²) in [6, 6.07) is 5.90. The zero-order valence-electron chi connectivity index (χ0n) is 13.4. The van der Waals surface area contributed by atoms with E-state index in [1.54, 1.807) is 20.3 Å². The van der Waals surface area contributed by atoms with Crippen LogP contribution in [0.5, 0.6) is 11.5 Å². The Morgan fingerprint density at radius 1 is 1.15 bits per heavy atom. The Balaban J connectivity index is 2.84. The van der Waals surface area contributed by atoms with Crippen molar-refractivity contribution in [2.24, 2.45) is 5.92 Å². The second kappa shape index (κ2) is 7.50. The molecule has 4 heteroatoms. The molecule has 1 aromatic carbocycles. The zero-order chi connectivity index (χ0) is 15.3.